The predicted molar refractivity (Wildman–Crippen MR) is 50.8 cm³/mol. The summed E-state index contributed by atoms with van der Waals surface area (Å²) in [5.74, 6) is 0.273. The van der Waals surface area contributed by atoms with E-state index in [0.717, 1.165) is 5.56 Å². The summed E-state index contributed by atoms with van der Waals surface area (Å²) in [6.07, 6.45) is 0. The first kappa shape index (κ1) is 10.3. The molecule has 0 saturated heterocycles. The summed E-state index contributed by atoms with van der Waals surface area (Å²) >= 11 is 0. The number of rotatable bonds is 2. The highest BCUT2D eigenvalue weighted by Crippen LogP contribution is 2.27. The fourth-order valence-electron chi connectivity index (χ4n) is 0.976. The lowest BCUT2D eigenvalue weighted by atomic mass is 10.2. The van der Waals surface area contributed by atoms with Gasteiger partial charge in [0.15, 0.2) is 0 Å². The predicted octanol–water partition coefficient (Wildman–Crippen LogP) is 1.93. The van der Waals surface area contributed by atoms with Crippen LogP contribution in [0.25, 0.3) is 0 Å². The summed E-state index contributed by atoms with van der Waals surface area (Å²) in [6, 6.07) is 4.71. The highest BCUT2D eigenvalue weighted by atomic mass is 35.7. The van der Waals surface area contributed by atoms with Crippen LogP contribution in [0, 0.1) is 6.92 Å². The van der Waals surface area contributed by atoms with Crippen molar-refractivity contribution in [1.29, 1.82) is 0 Å². The highest BCUT2D eigenvalue weighted by Gasteiger charge is 2.15. The van der Waals surface area contributed by atoms with Gasteiger partial charge < -0.3 is 4.74 Å². The van der Waals surface area contributed by atoms with Gasteiger partial charge in [-0.15, -0.1) is 0 Å². The van der Waals surface area contributed by atoms with Crippen LogP contribution in [-0.2, 0) is 9.05 Å². The van der Waals surface area contributed by atoms with Crippen molar-refractivity contribution < 1.29 is 13.2 Å². The van der Waals surface area contributed by atoms with E-state index in [2.05, 4.69) is 0 Å². The maximum Gasteiger partial charge on any atom is 0.264 e. The van der Waals surface area contributed by atoms with Crippen molar-refractivity contribution in [3.05, 3.63) is 23.8 Å². The van der Waals surface area contributed by atoms with Crippen LogP contribution >= 0.6 is 10.7 Å². The van der Waals surface area contributed by atoms with Crippen LogP contribution in [0.3, 0.4) is 0 Å². The molecule has 0 spiro atoms. The normalized spacial score (nSPS) is 11.3. The van der Waals surface area contributed by atoms with Gasteiger partial charge in [-0.25, -0.2) is 8.42 Å². The van der Waals surface area contributed by atoms with Crippen molar-refractivity contribution in [2.75, 3.05) is 7.11 Å². The second-order valence-corrected chi connectivity index (χ2v) is 5.13. The molecule has 1 aromatic carbocycles. The lowest BCUT2D eigenvalue weighted by molar-refractivity contribution is 0.403. The molecule has 5 heteroatoms. The van der Waals surface area contributed by atoms with Gasteiger partial charge in [-0.2, -0.15) is 0 Å². The van der Waals surface area contributed by atoms with E-state index in [-0.39, 0.29) is 10.6 Å². The molecule has 0 radical (unpaired) electrons. The lowest BCUT2D eigenvalue weighted by Crippen LogP contribution is -1.96. The molecule has 0 amide bonds. The third-order valence-corrected chi connectivity index (χ3v) is 2.94. The molecule has 3 nitrogen and oxygen atoms in total. The van der Waals surface area contributed by atoms with Gasteiger partial charge in [0.05, 0.1) is 7.11 Å². The first-order chi connectivity index (χ1) is 5.95. The quantitative estimate of drug-likeness (QED) is 0.716. The van der Waals surface area contributed by atoms with Gasteiger partial charge >= 0.3 is 0 Å². The highest BCUT2D eigenvalue weighted by molar-refractivity contribution is 8.13. The smallest absolute Gasteiger partial charge is 0.264 e. The summed E-state index contributed by atoms with van der Waals surface area (Å²) in [5, 5.41) is 0. The molecular formula is C8H9ClO3S. The van der Waals surface area contributed by atoms with E-state index in [0.29, 0.717) is 0 Å². The molecule has 0 bridgehead atoms. The molecular weight excluding hydrogens is 212 g/mol. The Hall–Kier alpha value is -0.740. The van der Waals surface area contributed by atoms with Crippen molar-refractivity contribution in [3.63, 3.8) is 0 Å². The Kier molecular flexibility index (Phi) is 2.83. The Morgan fingerprint density at radius 1 is 1.38 bits per heavy atom. The molecule has 0 heterocycles. The van der Waals surface area contributed by atoms with Gasteiger partial charge in [0, 0.05) is 10.7 Å². The van der Waals surface area contributed by atoms with Gasteiger partial charge in [-0.3, -0.25) is 0 Å². The second kappa shape index (κ2) is 3.55. The van der Waals surface area contributed by atoms with Crippen LogP contribution in [0.1, 0.15) is 5.56 Å². The number of methoxy groups -OCH3 is 1. The molecule has 0 N–H and O–H groups in total. The molecule has 0 atom stereocenters. The summed E-state index contributed by atoms with van der Waals surface area (Å²) < 4.78 is 26.9. The molecule has 0 unspecified atom stereocenters. The zero-order valence-corrected chi connectivity index (χ0v) is 8.82. The fraction of sp³-hybridized carbons (Fsp3) is 0.250. The Balaban J connectivity index is 3.39. The van der Waals surface area contributed by atoms with Crippen molar-refractivity contribution in [3.8, 4) is 5.75 Å². The van der Waals surface area contributed by atoms with Crippen LogP contribution in [0.5, 0.6) is 5.75 Å². The molecule has 0 fully saturated rings. The molecule has 0 aliphatic heterocycles. The van der Waals surface area contributed by atoms with Crippen LogP contribution in [0.4, 0.5) is 0 Å². The summed E-state index contributed by atoms with van der Waals surface area (Å²) in [4.78, 5) is 0.00210. The largest absolute Gasteiger partial charge is 0.495 e. The third kappa shape index (κ3) is 2.35. The Bertz CT molecular complexity index is 411. The van der Waals surface area contributed by atoms with Gasteiger partial charge in [0.1, 0.15) is 10.6 Å². The zero-order valence-electron chi connectivity index (χ0n) is 7.24. The van der Waals surface area contributed by atoms with Crippen LogP contribution in [0.2, 0.25) is 0 Å². The maximum atomic E-state index is 11.0. The molecule has 0 aliphatic carbocycles. The number of hydrogen-bond acceptors (Lipinski definition) is 3. The third-order valence-electron chi connectivity index (χ3n) is 1.58. The second-order valence-electron chi connectivity index (χ2n) is 2.59. The monoisotopic (exact) mass is 220 g/mol. The minimum absolute atomic E-state index is 0.00210. The van der Waals surface area contributed by atoms with Crippen LogP contribution in [-0.4, -0.2) is 15.5 Å². The standard InChI is InChI=1S/C8H9ClO3S/c1-6-3-4-8(13(9,10)11)7(5-6)12-2/h3-5H,1-2H3. The molecule has 0 saturated carbocycles. The lowest BCUT2D eigenvalue weighted by Gasteiger charge is -2.05. The van der Waals surface area contributed by atoms with Crippen molar-refractivity contribution >= 4 is 19.7 Å². The molecule has 13 heavy (non-hydrogen) atoms. The number of hydrogen-bond donors (Lipinski definition) is 0. The molecule has 0 aromatic heterocycles. The van der Waals surface area contributed by atoms with Gasteiger partial charge in [-0.05, 0) is 24.6 Å². The number of benzene rings is 1. The maximum absolute atomic E-state index is 11.0. The van der Waals surface area contributed by atoms with Gasteiger partial charge in [-0.1, -0.05) is 6.07 Å². The summed E-state index contributed by atoms with van der Waals surface area (Å²) in [5.41, 5.74) is 0.918. The van der Waals surface area contributed by atoms with Gasteiger partial charge in [0.25, 0.3) is 9.05 Å². The number of halogens is 1. The summed E-state index contributed by atoms with van der Waals surface area (Å²) in [7, 11) is 2.88. The number of aryl methyl sites for hydroxylation is 1. The van der Waals surface area contributed by atoms with E-state index in [1.807, 2.05) is 6.92 Å². The average Bonchev–Trinajstić information content (AvgIpc) is 2.01. The molecule has 1 rings (SSSR count). The van der Waals surface area contributed by atoms with E-state index in [1.54, 1.807) is 12.1 Å². The Morgan fingerprint density at radius 3 is 2.46 bits per heavy atom. The molecule has 0 aliphatic rings. The van der Waals surface area contributed by atoms with E-state index in [9.17, 15) is 8.42 Å². The van der Waals surface area contributed by atoms with E-state index in [4.69, 9.17) is 15.4 Å². The summed E-state index contributed by atoms with van der Waals surface area (Å²) in [6.45, 7) is 1.84. The van der Waals surface area contributed by atoms with E-state index in [1.165, 1.54) is 13.2 Å². The fourth-order valence-corrected chi connectivity index (χ4v) is 1.97. The van der Waals surface area contributed by atoms with Crippen LogP contribution in [0.15, 0.2) is 23.1 Å². The Labute approximate surface area is 81.7 Å². The molecule has 72 valence electrons. The minimum atomic E-state index is -3.72. The number of ether oxygens (including phenoxy) is 1. The minimum Gasteiger partial charge on any atom is -0.495 e. The van der Waals surface area contributed by atoms with E-state index >= 15 is 0 Å². The first-order valence-corrected chi connectivity index (χ1v) is 5.85. The topological polar surface area (TPSA) is 43.4 Å². The van der Waals surface area contributed by atoms with Crippen molar-refractivity contribution in [2.24, 2.45) is 0 Å². The van der Waals surface area contributed by atoms with E-state index < -0.39 is 9.05 Å². The van der Waals surface area contributed by atoms with Gasteiger partial charge in [0.2, 0.25) is 0 Å². The SMILES string of the molecule is COc1cc(C)ccc1S(=O)(=O)Cl. The van der Waals surface area contributed by atoms with Crippen molar-refractivity contribution in [2.45, 2.75) is 11.8 Å². The molecule has 1 aromatic rings. The first-order valence-electron chi connectivity index (χ1n) is 3.54. The van der Waals surface area contributed by atoms with Crippen LogP contribution < -0.4 is 4.74 Å². The zero-order chi connectivity index (χ0) is 10.1. The average molecular weight is 221 g/mol. The Morgan fingerprint density at radius 2 is 2.00 bits per heavy atom. The van der Waals surface area contributed by atoms with Crippen molar-refractivity contribution in [1.82, 2.24) is 0 Å².